The lowest BCUT2D eigenvalue weighted by Crippen LogP contribution is -2.51. The summed E-state index contributed by atoms with van der Waals surface area (Å²) in [5.41, 5.74) is -0.785. The van der Waals surface area contributed by atoms with Gasteiger partial charge >= 0.3 is 0 Å². The summed E-state index contributed by atoms with van der Waals surface area (Å²) >= 11 is 0. The molecule has 0 aromatic rings. The molecule has 116 valence electrons. The van der Waals surface area contributed by atoms with Gasteiger partial charge in [0.05, 0.1) is 11.6 Å². The van der Waals surface area contributed by atoms with E-state index < -0.39 is 5.60 Å². The number of ether oxygens (including phenoxy) is 1. The molecule has 5 heteroatoms. The van der Waals surface area contributed by atoms with Crippen LogP contribution in [0.3, 0.4) is 0 Å². The van der Waals surface area contributed by atoms with Gasteiger partial charge in [-0.3, -0.25) is 9.69 Å². The smallest absolute Gasteiger partial charge is 0.237 e. The number of likely N-dealkylation sites (tertiary alicyclic amines) is 1. The minimum atomic E-state index is -0.785. The van der Waals surface area contributed by atoms with E-state index in [1.165, 1.54) is 25.7 Å². The topological polar surface area (TPSA) is 61.8 Å². The molecule has 0 aromatic heterocycles. The molecule has 2 aliphatic rings. The zero-order valence-electron chi connectivity index (χ0n) is 12.6. The van der Waals surface area contributed by atoms with E-state index in [1.807, 2.05) is 6.92 Å². The second kappa shape index (κ2) is 7.38. The van der Waals surface area contributed by atoms with Crippen molar-refractivity contribution in [3.05, 3.63) is 0 Å². The van der Waals surface area contributed by atoms with Crippen molar-refractivity contribution in [2.45, 2.75) is 57.1 Å². The number of nitrogens with one attached hydrogen (secondary N) is 1. The molecule has 1 amide bonds. The van der Waals surface area contributed by atoms with Crippen LogP contribution in [-0.4, -0.2) is 60.4 Å². The van der Waals surface area contributed by atoms with Gasteiger partial charge in [0.15, 0.2) is 0 Å². The van der Waals surface area contributed by atoms with E-state index in [2.05, 4.69) is 10.2 Å². The van der Waals surface area contributed by atoms with E-state index >= 15 is 0 Å². The van der Waals surface area contributed by atoms with Crippen LogP contribution in [0.15, 0.2) is 0 Å². The molecule has 1 atom stereocenters. The predicted molar refractivity (Wildman–Crippen MR) is 77.5 cm³/mol. The Labute approximate surface area is 121 Å². The van der Waals surface area contributed by atoms with E-state index in [0.717, 1.165) is 13.1 Å². The SMILES string of the molecule is CC(C(=O)NCC1(O)CCOCC1)N1CCCCCC1. The van der Waals surface area contributed by atoms with Crippen LogP contribution in [0, 0.1) is 0 Å². The van der Waals surface area contributed by atoms with Gasteiger partial charge < -0.3 is 15.2 Å². The molecule has 0 saturated carbocycles. The molecule has 0 spiro atoms. The van der Waals surface area contributed by atoms with Crippen molar-refractivity contribution in [1.82, 2.24) is 10.2 Å². The monoisotopic (exact) mass is 284 g/mol. The summed E-state index contributed by atoms with van der Waals surface area (Å²) in [6.45, 7) is 5.48. The minimum Gasteiger partial charge on any atom is -0.388 e. The average molecular weight is 284 g/mol. The molecule has 2 fully saturated rings. The van der Waals surface area contributed by atoms with Crippen LogP contribution >= 0.6 is 0 Å². The van der Waals surface area contributed by atoms with Crippen LogP contribution in [0.5, 0.6) is 0 Å². The van der Waals surface area contributed by atoms with Crippen molar-refractivity contribution < 1.29 is 14.6 Å². The fraction of sp³-hybridized carbons (Fsp3) is 0.933. The van der Waals surface area contributed by atoms with E-state index in [4.69, 9.17) is 4.74 Å². The van der Waals surface area contributed by atoms with Crippen molar-refractivity contribution in [2.24, 2.45) is 0 Å². The largest absolute Gasteiger partial charge is 0.388 e. The highest BCUT2D eigenvalue weighted by Crippen LogP contribution is 2.19. The summed E-state index contributed by atoms with van der Waals surface area (Å²) in [4.78, 5) is 14.5. The molecule has 5 nitrogen and oxygen atoms in total. The summed E-state index contributed by atoms with van der Waals surface area (Å²) in [5.74, 6) is 0.0341. The Morgan fingerprint density at radius 1 is 1.25 bits per heavy atom. The number of rotatable bonds is 4. The molecule has 1 unspecified atom stereocenters. The number of amides is 1. The first-order valence-electron chi connectivity index (χ1n) is 7.93. The van der Waals surface area contributed by atoms with Crippen molar-refractivity contribution in [1.29, 1.82) is 0 Å². The Balaban J connectivity index is 1.78. The zero-order chi connectivity index (χ0) is 14.4. The van der Waals surface area contributed by atoms with E-state index in [1.54, 1.807) is 0 Å². The molecule has 20 heavy (non-hydrogen) atoms. The summed E-state index contributed by atoms with van der Waals surface area (Å²) in [5, 5.41) is 13.3. The predicted octanol–water partition coefficient (Wildman–Crippen LogP) is 0.909. The van der Waals surface area contributed by atoms with Gasteiger partial charge in [-0.05, 0) is 32.9 Å². The van der Waals surface area contributed by atoms with Gasteiger partial charge in [0.2, 0.25) is 5.91 Å². The Morgan fingerprint density at radius 2 is 1.85 bits per heavy atom. The zero-order valence-corrected chi connectivity index (χ0v) is 12.6. The van der Waals surface area contributed by atoms with E-state index in [9.17, 15) is 9.90 Å². The molecule has 2 N–H and O–H groups in total. The quantitative estimate of drug-likeness (QED) is 0.805. The van der Waals surface area contributed by atoms with Crippen LogP contribution in [0.2, 0.25) is 0 Å². The standard InChI is InChI=1S/C15H28N2O3/c1-13(17-8-4-2-3-5-9-17)14(18)16-12-15(19)6-10-20-11-7-15/h13,19H,2-12H2,1H3,(H,16,18). The normalized spacial score (nSPS) is 25.7. The number of hydrogen-bond acceptors (Lipinski definition) is 4. The summed E-state index contributed by atoms with van der Waals surface area (Å²) in [6, 6.07) is -0.100. The number of nitrogens with zero attached hydrogens (tertiary/aromatic N) is 1. The van der Waals surface area contributed by atoms with Gasteiger partial charge in [-0.1, -0.05) is 12.8 Å². The fourth-order valence-electron chi connectivity index (χ4n) is 2.98. The Kier molecular flexibility index (Phi) is 5.81. The van der Waals surface area contributed by atoms with Gasteiger partial charge in [0, 0.05) is 32.6 Å². The van der Waals surface area contributed by atoms with Crippen LogP contribution in [0.1, 0.15) is 45.4 Å². The molecule has 0 bridgehead atoms. The third-order valence-corrected chi connectivity index (χ3v) is 4.58. The Morgan fingerprint density at radius 3 is 2.45 bits per heavy atom. The number of carbonyl (C=O) groups is 1. The Bertz CT molecular complexity index is 308. The molecule has 2 rings (SSSR count). The van der Waals surface area contributed by atoms with Crippen molar-refractivity contribution in [3.8, 4) is 0 Å². The van der Waals surface area contributed by atoms with Gasteiger partial charge in [-0.15, -0.1) is 0 Å². The molecular weight excluding hydrogens is 256 g/mol. The first kappa shape index (κ1) is 15.7. The number of carbonyl (C=O) groups excluding carboxylic acids is 1. The number of hydrogen-bond donors (Lipinski definition) is 2. The first-order valence-corrected chi connectivity index (χ1v) is 7.93. The highest BCUT2D eigenvalue weighted by atomic mass is 16.5. The van der Waals surface area contributed by atoms with Crippen LogP contribution in [-0.2, 0) is 9.53 Å². The van der Waals surface area contributed by atoms with Gasteiger partial charge in [0.25, 0.3) is 0 Å². The van der Waals surface area contributed by atoms with Crippen LogP contribution in [0.4, 0.5) is 0 Å². The van der Waals surface area contributed by atoms with Crippen LogP contribution < -0.4 is 5.32 Å². The minimum absolute atomic E-state index is 0.0341. The van der Waals surface area contributed by atoms with Gasteiger partial charge in [-0.2, -0.15) is 0 Å². The lowest BCUT2D eigenvalue weighted by molar-refractivity contribution is -0.128. The molecule has 0 radical (unpaired) electrons. The molecule has 0 aliphatic carbocycles. The van der Waals surface area contributed by atoms with E-state index in [0.29, 0.717) is 32.6 Å². The third kappa shape index (κ3) is 4.43. The van der Waals surface area contributed by atoms with Gasteiger partial charge in [-0.25, -0.2) is 0 Å². The lowest BCUT2D eigenvalue weighted by atomic mass is 9.94. The highest BCUT2D eigenvalue weighted by Gasteiger charge is 2.31. The molecule has 2 saturated heterocycles. The maximum absolute atomic E-state index is 12.2. The van der Waals surface area contributed by atoms with Gasteiger partial charge in [0.1, 0.15) is 0 Å². The lowest BCUT2D eigenvalue weighted by Gasteiger charge is -2.33. The number of aliphatic hydroxyl groups is 1. The summed E-state index contributed by atoms with van der Waals surface area (Å²) in [6.07, 6.45) is 6.10. The Hall–Kier alpha value is -0.650. The first-order chi connectivity index (χ1) is 9.61. The third-order valence-electron chi connectivity index (χ3n) is 4.58. The second-order valence-electron chi connectivity index (χ2n) is 6.18. The maximum Gasteiger partial charge on any atom is 0.237 e. The van der Waals surface area contributed by atoms with Crippen molar-refractivity contribution in [3.63, 3.8) is 0 Å². The maximum atomic E-state index is 12.2. The van der Waals surface area contributed by atoms with Crippen molar-refractivity contribution in [2.75, 3.05) is 32.8 Å². The second-order valence-corrected chi connectivity index (χ2v) is 6.18. The average Bonchev–Trinajstić information content (AvgIpc) is 2.74. The summed E-state index contributed by atoms with van der Waals surface area (Å²) < 4.78 is 5.25. The van der Waals surface area contributed by atoms with Crippen LogP contribution in [0.25, 0.3) is 0 Å². The van der Waals surface area contributed by atoms with Crippen molar-refractivity contribution >= 4 is 5.91 Å². The molecule has 2 aliphatic heterocycles. The molecule has 2 heterocycles. The summed E-state index contributed by atoms with van der Waals surface area (Å²) in [7, 11) is 0. The molecular formula is C15H28N2O3. The fourth-order valence-corrected chi connectivity index (χ4v) is 2.98. The molecule has 0 aromatic carbocycles. The highest BCUT2D eigenvalue weighted by molar-refractivity contribution is 5.81. The van der Waals surface area contributed by atoms with E-state index in [-0.39, 0.29) is 11.9 Å².